The summed E-state index contributed by atoms with van der Waals surface area (Å²) in [7, 11) is -2.01. The van der Waals surface area contributed by atoms with Crippen molar-refractivity contribution < 1.29 is 22.7 Å². The second kappa shape index (κ2) is 12.8. The number of rotatable bonds is 10. The highest BCUT2D eigenvalue weighted by molar-refractivity contribution is 6.74. The maximum Gasteiger partial charge on any atom is 0.272 e. The second-order valence-electron chi connectivity index (χ2n) is 13.4. The van der Waals surface area contributed by atoms with Crippen LogP contribution in [0.3, 0.4) is 0 Å². The Morgan fingerprint density at radius 2 is 1.67 bits per heavy atom. The number of carbonyl (C=O) groups excluding carboxylic acids is 1. The van der Waals surface area contributed by atoms with Gasteiger partial charge in [-0.2, -0.15) is 5.10 Å². The van der Waals surface area contributed by atoms with Crippen LogP contribution < -0.4 is 4.74 Å². The molecule has 1 aliphatic heterocycles. The molecule has 0 saturated heterocycles. The topological polar surface area (TPSA) is 69.5 Å². The number of hydrogen-bond acceptors (Lipinski definition) is 5. The van der Waals surface area contributed by atoms with Crippen LogP contribution in [-0.2, 0) is 17.6 Å². The van der Waals surface area contributed by atoms with Crippen LogP contribution in [0.2, 0.25) is 18.1 Å². The van der Waals surface area contributed by atoms with Gasteiger partial charge in [0.25, 0.3) is 5.91 Å². The largest absolute Gasteiger partial charge is 0.486 e. The van der Waals surface area contributed by atoms with Gasteiger partial charge < -0.3 is 14.1 Å². The predicted octanol–water partition coefficient (Wildman–Crippen LogP) is 8.07. The summed E-state index contributed by atoms with van der Waals surface area (Å²) in [5.74, 6) is -1.55. The van der Waals surface area contributed by atoms with Gasteiger partial charge in [-0.15, -0.1) is 0 Å². The number of carbonyl (C=O) groups is 1. The van der Waals surface area contributed by atoms with E-state index in [1.54, 1.807) is 34.1 Å². The van der Waals surface area contributed by atoms with Crippen LogP contribution in [0.25, 0.3) is 22.4 Å². The summed E-state index contributed by atoms with van der Waals surface area (Å²) in [5.41, 5.74) is 3.47. The Kier molecular flexibility index (Phi) is 9.28. The van der Waals surface area contributed by atoms with Crippen molar-refractivity contribution in [2.45, 2.75) is 71.8 Å². The van der Waals surface area contributed by atoms with Crippen molar-refractivity contribution in [1.82, 2.24) is 19.7 Å². The molecule has 0 radical (unpaired) electrons. The van der Waals surface area contributed by atoms with Crippen LogP contribution in [0, 0.1) is 11.6 Å². The lowest BCUT2D eigenvalue weighted by Gasteiger charge is -2.37. The number of pyridine rings is 1. The number of amides is 1. The molecule has 45 heavy (non-hydrogen) atoms. The van der Waals surface area contributed by atoms with Crippen LogP contribution in [0.15, 0.2) is 60.9 Å². The van der Waals surface area contributed by atoms with Crippen molar-refractivity contribution in [3.63, 3.8) is 0 Å². The van der Waals surface area contributed by atoms with Crippen LogP contribution >= 0.6 is 0 Å². The summed E-state index contributed by atoms with van der Waals surface area (Å²) in [4.78, 5) is 19.8. The van der Waals surface area contributed by atoms with Gasteiger partial charge in [0.1, 0.15) is 23.8 Å². The summed E-state index contributed by atoms with van der Waals surface area (Å²) < 4.78 is 45.2. The van der Waals surface area contributed by atoms with E-state index in [0.717, 1.165) is 17.7 Å². The van der Waals surface area contributed by atoms with E-state index in [9.17, 15) is 4.79 Å². The first-order valence-electron chi connectivity index (χ1n) is 15.4. The molecule has 0 aliphatic carbocycles. The third-order valence-corrected chi connectivity index (χ3v) is 13.5. The van der Waals surface area contributed by atoms with Gasteiger partial charge in [0.15, 0.2) is 19.9 Å². The molecule has 0 fully saturated rings. The molecule has 0 atom stereocenters. The van der Waals surface area contributed by atoms with Gasteiger partial charge in [0.2, 0.25) is 0 Å². The van der Waals surface area contributed by atoms with Gasteiger partial charge in [-0.3, -0.25) is 14.5 Å². The van der Waals surface area contributed by atoms with E-state index in [1.165, 1.54) is 5.56 Å². The lowest BCUT2D eigenvalue weighted by Crippen LogP contribution is -2.46. The first-order valence-corrected chi connectivity index (χ1v) is 18.3. The Labute approximate surface area is 265 Å². The smallest absolute Gasteiger partial charge is 0.272 e. The van der Waals surface area contributed by atoms with Gasteiger partial charge in [-0.1, -0.05) is 58.9 Å². The van der Waals surface area contributed by atoms with E-state index in [2.05, 4.69) is 52.7 Å². The van der Waals surface area contributed by atoms with Crippen molar-refractivity contribution in [3.05, 3.63) is 89.4 Å². The molecule has 2 aromatic heterocycles. The third-order valence-electron chi connectivity index (χ3n) is 8.94. The van der Waals surface area contributed by atoms with Crippen molar-refractivity contribution in [2.75, 3.05) is 19.7 Å². The van der Waals surface area contributed by atoms with Gasteiger partial charge in [-0.05, 0) is 53.4 Å². The minimum atomic E-state index is -2.01. The molecule has 0 unspecified atom stereocenters. The molecular formula is C35H42F2N4O3Si. The van der Waals surface area contributed by atoms with E-state index in [4.69, 9.17) is 14.3 Å². The molecule has 0 saturated carbocycles. The molecule has 0 bridgehead atoms. The highest BCUT2D eigenvalue weighted by Gasteiger charge is 2.38. The summed E-state index contributed by atoms with van der Waals surface area (Å²) in [6.45, 7) is 16.8. The second-order valence-corrected chi connectivity index (χ2v) is 18.2. The SMILES string of the molecule is CC(C)c1ccc(COc2cc(F)c(-c3c(-c4ccncc4)nn4c3C(=O)N(CCO[Si](C)(C)C(C)(C)C)CC4)cc2F)cc1. The molecule has 1 aliphatic rings. The maximum atomic E-state index is 16.0. The van der Waals surface area contributed by atoms with Crippen LogP contribution in [0.1, 0.15) is 62.2 Å². The number of halogens is 2. The number of fused-ring (bicyclic) bond motifs is 1. The molecule has 2 aromatic carbocycles. The Morgan fingerprint density at radius 3 is 2.31 bits per heavy atom. The van der Waals surface area contributed by atoms with E-state index >= 15 is 8.78 Å². The highest BCUT2D eigenvalue weighted by atomic mass is 28.4. The third kappa shape index (κ3) is 6.87. The summed E-state index contributed by atoms with van der Waals surface area (Å²) in [5, 5.41) is 4.76. The van der Waals surface area contributed by atoms with Crippen LogP contribution in [0.5, 0.6) is 5.75 Å². The van der Waals surface area contributed by atoms with Crippen molar-refractivity contribution in [3.8, 4) is 28.1 Å². The van der Waals surface area contributed by atoms with Crippen molar-refractivity contribution in [1.29, 1.82) is 0 Å². The average molecular weight is 633 g/mol. The molecule has 3 heterocycles. The molecule has 0 N–H and O–H groups in total. The summed E-state index contributed by atoms with van der Waals surface area (Å²) in [6.07, 6.45) is 3.21. The molecule has 1 amide bonds. The Balaban J connectivity index is 1.46. The average Bonchev–Trinajstić information content (AvgIpc) is 3.39. The fourth-order valence-electron chi connectivity index (χ4n) is 5.11. The quantitative estimate of drug-likeness (QED) is 0.165. The standard InChI is InChI=1S/C35H42F2N4O3Si/c1-23(2)25-10-8-24(9-11-25)22-43-30-21-28(36)27(20-29(30)37)31-32(26-12-14-38-15-13-26)39-41-17-16-40(34(42)33(31)41)18-19-44-45(6,7)35(3,4)5/h8-15,20-21,23H,16-19,22H2,1-7H3. The zero-order chi connectivity index (χ0) is 32.5. The van der Waals surface area contributed by atoms with Gasteiger partial charge in [0, 0.05) is 48.2 Å². The fraction of sp³-hybridized carbons (Fsp3) is 0.400. The van der Waals surface area contributed by atoms with Gasteiger partial charge in [-0.25, -0.2) is 8.78 Å². The Hall–Kier alpha value is -3.89. The van der Waals surface area contributed by atoms with E-state index in [1.807, 2.05) is 24.3 Å². The van der Waals surface area contributed by atoms with Gasteiger partial charge >= 0.3 is 0 Å². The van der Waals surface area contributed by atoms with E-state index < -0.39 is 20.0 Å². The number of ether oxygens (including phenoxy) is 1. The molecule has 5 rings (SSSR count). The molecule has 0 spiro atoms. The summed E-state index contributed by atoms with van der Waals surface area (Å²) in [6, 6.07) is 13.5. The minimum Gasteiger partial charge on any atom is -0.486 e. The Bertz CT molecular complexity index is 1670. The van der Waals surface area contributed by atoms with E-state index in [0.29, 0.717) is 43.4 Å². The predicted molar refractivity (Wildman–Crippen MR) is 175 cm³/mol. The zero-order valence-corrected chi connectivity index (χ0v) is 28.2. The monoisotopic (exact) mass is 632 g/mol. The minimum absolute atomic E-state index is 0.0417. The van der Waals surface area contributed by atoms with Crippen LogP contribution in [0.4, 0.5) is 8.78 Å². The molecule has 7 nitrogen and oxygen atoms in total. The number of aromatic nitrogens is 3. The number of nitrogens with zero attached hydrogens (tertiary/aromatic N) is 4. The van der Waals surface area contributed by atoms with Crippen molar-refractivity contribution >= 4 is 14.2 Å². The summed E-state index contributed by atoms with van der Waals surface area (Å²) >= 11 is 0. The van der Waals surface area contributed by atoms with Gasteiger partial charge in [0.05, 0.1) is 13.2 Å². The lowest BCUT2D eigenvalue weighted by molar-refractivity contribution is 0.0666. The van der Waals surface area contributed by atoms with Crippen molar-refractivity contribution in [2.24, 2.45) is 0 Å². The maximum absolute atomic E-state index is 16.0. The van der Waals surface area contributed by atoms with E-state index in [-0.39, 0.29) is 40.1 Å². The molecular weight excluding hydrogens is 590 g/mol. The molecule has 10 heteroatoms. The zero-order valence-electron chi connectivity index (χ0n) is 27.2. The first-order chi connectivity index (χ1) is 21.3. The van der Waals surface area contributed by atoms with Crippen LogP contribution in [-0.4, -0.2) is 53.6 Å². The highest BCUT2D eigenvalue weighted by Crippen LogP contribution is 2.40. The number of benzene rings is 2. The lowest BCUT2D eigenvalue weighted by atomic mass is 9.97. The molecule has 238 valence electrons. The Morgan fingerprint density at radius 1 is 0.978 bits per heavy atom. The molecule has 4 aromatic rings. The number of hydrogen-bond donors (Lipinski definition) is 0. The fourth-order valence-corrected chi connectivity index (χ4v) is 6.14. The normalized spacial score (nSPS) is 13.8. The first kappa shape index (κ1) is 32.5.